The van der Waals surface area contributed by atoms with Crippen molar-refractivity contribution in [3.63, 3.8) is 0 Å². The Bertz CT molecular complexity index is 613. The van der Waals surface area contributed by atoms with Crippen molar-refractivity contribution in [2.45, 2.75) is 6.42 Å². The number of nitrogens with zero attached hydrogens (tertiary/aromatic N) is 2. The molecule has 1 amide bonds. The van der Waals surface area contributed by atoms with Crippen molar-refractivity contribution >= 4 is 22.4 Å². The molecule has 0 spiro atoms. The summed E-state index contributed by atoms with van der Waals surface area (Å²) in [6, 6.07) is 5.60. The van der Waals surface area contributed by atoms with E-state index in [1.165, 1.54) is 11.3 Å². The number of amides is 1. The van der Waals surface area contributed by atoms with Crippen LogP contribution in [-0.4, -0.2) is 31.2 Å². The molecular weight excluding hydrogens is 276 g/mol. The Balaban J connectivity index is 1.73. The number of carbonyl (C=O) groups is 1. The lowest BCUT2D eigenvalue weighted by Crippen LogP contribution is -2.27. The minimum Gasteiger partial charge on any atom is -0.486 e. The van der Waals surface area contributed by atoms with E-state index in [9.17, 15) is 4.79 Å². The number of benzene rings is 1. The first-order valence-electron chi connectivity index (χ1n) is 6.28. The zero-order chi connectivity index (χ0) is 13.9. The highest BCUT2D eigenvalue weighted by Gasteiger charge is 2.16. The minimum absolute atomic E-state index is 0.00312. The molecular formula is C14H14N2O3S. The van der Waals surface area contributed by atoms with E-state index in [2.05, 4.69) is 4.98 Å². The molecule has 20 heavy (non-hydrogen) atoms. The molecule has 2 aromatic rings. The number of ether oxygens (including phenoxy) is 2. The highest BCUT2D eigenvalue weighted by Crippen LogP contribution is 2.31. The quantitative estimate of drug-likeness (QED) is 0.869. The van der Waals surface area contributed by atoms with Gasteiger partial charge in [0.1, 0.15) is 13.2 Å². The van der Waals surface area contributed by atoms with Crippen molar-refractivity contribution in [2.75, 3.05) is 25.2 Å². The average molecular weight is 290 g/mol. The van der Waals surface area contributed by atoms with Crippen molar-refractivity contribution in [2.24, 2.45) is 0 Å². The number of carbonyl (C=O) groups excluding carboxylic acids is 1. The molecule has 0 aliphatic carbocycles. The first-order chi connectivity index (χ1) is 9.74. The van der Waals surface area contributed by atoms with Gasteiger partial charge >= 0.3 is 0 Å². The van der Waals surface area contributed by atoms with Crippen LogP contribution in [0.5, 0.6) is 11.5 Å². The van der Waals surface area contributed by atoms with Gasteiger partial charge < -0.3 is 9.47 Å². The van der Waals surface area contributed by atoms with Crippen LogP contribution in [0.4, 0.5) is 5.13 Å². The molecule has 0 atom stereocenters. The Morgan fingerprint density at radius 2 is 2.15 bits per heavy atom. The minimum atomic E-state index is -0.00312. The molecule has 1 aromatic heterocycles. The predicted molar refractivity (Wildman–Crippen MR) is 76.7 cm³/mol. The fourth-order valence-electron chi connectivity index (χ4n) is 1.98. The van der Waals surface area contributed by atoms with Gasteiger partial charge in [-0.25, -0.2) is 4.98 Å². The Labute approximate surface area is 120 Å². The standard InChI is InChI=1S/C14H14N2O3S/c1-16(14-15-4-7-20-14)13(17)9-10-2-3-11-12(8-10)19-6-5-18-11/h2-4,7-8H,5-6,9H2,1H3. The van der Waals surface area contributed by atoms with E-state index in [1.54, 1.807) is 18.1 Å². The summed E-state index contributed by atoms with van der Waals surface area (Å²) in [5.41, 5.74) is 0.905. The number of hydrogen-bond donors (Lipinski definition) is 0. The monoisotopic (exact) mass is 290 g/mol. The van der Waals surface area contributed by atoms with Crippen molar-refractivity contribution in [1.82, 2.24) is 4.98 Å². The van der Waals surface area contributed by atoms with Crippen LogP contribution in [0.2, 0.25) is 0 Å². The number of fused-ring (bicyclic) bond motifs is 1. The summed E-state index contributed by atoms with van der Waals surface area (Å²) in [5.74, 6) is 1.44. The van der Waals surface area contributed by atoms with Gasteiger partial charge in [-0.1, -0.05) is 6.07 Å². The zero-order valence-electron chi connectivity index (χ0n) is 11.0. The van der Waals surface area contributed by atoms with Crippen molar-refractivity contribution in [3.05, 3.63) is 35.3 Å². The molecule has 1 aliphatic rings. The molecule has 0 unspecified atom stereocenters. The van der Waals surface area contributed by atoms with E-state index < -0.39 is 0 Å². The van der Waals surface area contributed by atoms with Crippen LogP contribution < -0.4 is 14.4 Å². The van der Waals surface area contributed by atoms with Crippen LogP contribution in [0, 0.1) is 0 Å². The fourth-order valence-corrected chi connectivity index (χ4v) is 2.60. The second kappa shape index (κ2) is 5.50. The van der Waals surface area contributed by atoms with Crippen molar-refractivity contribution in [3.8, 4) is 11.5 Å². The van der Waals surface area contributed by atoms with E-state index in [0.29, 0.717) is 30.5 Å². The number of rotatable bonds is 3. The average Bonchev–Trinajstić information content (AvgIpc) is 3.00. The van der Waals surface area contributed by atoms with E-state index in [0.717, 1.165) is 11.3 Å². The van der Waals surface area contributed by atoms with Crippen LogP contribution in [-0.2, 0) is 11.2 Å². The summed E-state index contributed by atoms with van der Waals surface area (Å²) in [5, 5.41) is 2.55. The summed E-state index contributed by atoms with van der Waals surface area (Å²) >= 11 is 1.44. The summed E-state index contributed by atoms with van der Waals surface area (Å²) in [7, 11) is 1.74. The van der Waals surface area contributed by atoms with Crippen LogP contribution in [0.15, 0.2) is 29.8 Å². The van der Waals surface area contributed by atoms with Crippen LogP contribution in [0.3, 0.4) is 0 Å². The topological polar surface area (TPSA) is 51.7 Å². The molecule has 0 saturated carbocycles. The van der Waals surface area contributed by atoms with Crippen LogP contribution >= 0.6 is 11.3 Å². The maximum Gasteiger partial charge on any atom is 0.232 e. The number of hydrogen-bond acceptors (Lipinski definition) is 5. The molecule has 104 valence electrons. The van der Waals surface area contributed by atoms with E-state index in [4.69, 9.17) is 9.47 Å². The van der Waals surface area contributed by atoms with Gasteiger partial charge in [0.05, 0.1) is 6.42 Å². The molecule has 5 nitrogen and oxygen atoms in total. The SMILES string of the molecule is CN(C(=O)Cc1ccc2c(c1)OCCO2)c1nccs1. The second-order valence-electron chi connectivity index (χ2n) is 4.42. The molecule has 0 saturated heterocycles. The normalized spacial score (nSPS) is 13.1. The summed E-state index contributed by atoms with van der Waals surface area (Å²) < 4.78 is 11.0. The first kappa shape index (κ1) is 12.9. The summed E-state index contributed by atoms with van der Waals surface area (Å²) in [6.45, 7) is 1.11. The summed E-state index contributed by atoms with van der Waals surface area (Å²) in [6.07, 6.45) is 2.00. The third-order valence-corrected chi connectivity index (χ3v) is 3.89. The first-order valence-corrected chi connectivity index (χ1v) is 7.16. The molecule has 0 N–H and O–H groups in total. The molecule has 0 radical (unpaired) electrons. The lowest BCUT2D eigenvalue weighted by atomic mass is 10.1. The highest BCUT2D eigenvalue weighted by molar-refractivity contribution is 7.13. The second-order valence-corrected chi connectivity index (χ2v) is 5.30. The van der Waals surface area contributed by atoms with Gasteiger partial charge in [-0.2, -0.15) is 0 Å². The van der Waals surface area contributed by atoms with Gasteiger partial charge in [0.15, 0.2) is 16.6 Å². The van der Waals surface area contributed by atoms with E-state index in [-0.39, 0.29) is 5.91 Å². The molecule has 6 heteroatoms. The van der Waals surface area contributed by atoms with Crippen molar-refractivity contribution in [1.29, 1.82) is 0 Å². The Morgan fingerprint density at radius 1 is 1.35 bits per heavy atom. The smallest absolute Gasteiger partial charge is 0.232 e. The van der Waals surface area contributed by atoms with Gasteiger partial charge in [-0.3, -0.25) is 9.69 Å². The van der Waals surface area contributed by atoms with Crippen LogP contribution in [0.1, 0.15) is 5.56 Å². The number of anilines is 1. The van der Waals surface area contributed by atoms with Gasteiger partial charge in [0.25, 0.3) is 0 Å². The number of likely N-dealkylation sites (N-methyl/N-ethyl adjacent to an activating group) is 1. The predicted octanol–water partition coefficient (Wildman–Crippen LogP) is 2.12. The van der Waals surface area contributed by atoms with E-state index >= 15 is 0 Å². The maximum atomic E-state index is 12.2. The molecule has 2 heterocycles. The molecule has 0 bridgehead atoms. The largest absolute Gasteiger partial charge is 0.486 e. The number of thiazole rings is 1. The third-order valence-electron chi connectivity index (χ3n) is 3.04. The fraction of sp³-hybridized carbons (Fsp3) is 0.286. The Kier molecular flexibility index (Phi) is 3.56. The lowest BCUT2D eigenvalue weighted by molar-refractivity contribution is -0.117. The lowest BCUT2D eigenvalue weighted by Gasteiger charge is -2.19. The zero-order valence-corrected chi connectivity index (χ0v) is 11.9. The summed E-state index contributed by atoms with van der Waals surface area (Å²) in [4.78, 5) is 17.9. The Hall–Kier alpha value is -2.08. The van der Waals surface area contributed by atoms with E-state index in [1.807, 2.05) is 23.6 Å². The molecule has 3 rings (SSSR count). The van der Waals surface area contributed by atoms with Crippen molar-refractivity contribution < 1.29 is 14.3 Å². The van der Waals surface area contributed by atoms with Crippen LogP contribution in [0.25, 0.3) is 0 Å². The van der Waals surface area contributed by atoms with Gasteiger partial charge in [-0.05, 0) is 17.7 Å². The number of aromatic nitrogens is 1. The third kappa shape index (κ3) is 2.60. The Morgan fingerprint density at radius 3 is 2.90 bits per heavy atom. The highest BCUT2D eigenvalue weighted by atomic mass is 32.1. The van der Waals surface area contributed by atoms with Gasteiger partial charge in [-0.15, -0.1) is 11.3 Å². The van der Waals surface area contributed by atoms with Gasteiger partial charge in [0, 0.05) is 18.6 Å². The molecule has 1 aromatic carbocycles. The van der Waals surface area contributed by atoms with Gasteiger partial charge in [0.2, 0.25) is 5.91 Å². The molecule has 1 aliphatic heterocycles. The maximum absolute atomic E-state index is 12.2. The molecule has 0 fully saturated rings.